The molecule has 5 nitrogen and oxygen atoms in total. The third-order valence-electron chi connectivity index (χ3n) is 4.12. The van der Waals surface area contributed by atoms with Gasteiger partial charge in [-0.2, -0.15) is 0 Å². The number of terminal acetylenes is 1. The number of hydrogen-bond donors (Lipinski definition) is 2. The summed E-state index contributed by atoms with van der Waals surface area (Å²) in [4.78, 5) is 11.3. The van der Waals surface area contributed by atoms with Crippen molar-refractivity contribution in [2.45, 2.75) is 72.1 Å². The van der Waals surface area contributed by atoms with E-state index in [0.29, 0.717) is 19.8 Å². The smallest absolute Gasteiger partial charge is 0.0780 e. The lowest BCUT2D eigenvalue weighted by molar-refractivity contribution is -0.103. The first-order chi connectivity index (χ1) is 13.2. The maximum absolute atomic E-state index is 5.90. The number of unbranched alkanes of at least 4 members (excludes halogenated alkanes) is 5. The molecular formula is C22H42N2O3. The van der Waals surface area contributed by atoms with E-state index in [9.17, 15) is 0 Å². The number of nitrogens with one attached hydrogen (secondary N) is 2. The van der Waals surface area contributed by atoms with Crippen molar-refractivity contribution in [3.63, 3.8) is 0 Å². The van der Waals surface area contributed by atoms with Crippen LogP contribution in [0.15, 0.2) is 12.2 Å². The van der Waals surface area contributed by atoms with Gasteiger partial charge in [-0.15, -0.1) is 12.3 Å². The Kier molecular flexibility index (Phi) is 19.2. The molecule has 27 heavy (non-hydrogen) atoms. The summed E-state index contributed by atoms with van der Waals surface area (Å²) in [7, 11) is 0. The SMILES string of the molecule is C#CCCCNOCC(C)(COCCCC/C=C\C)CONCCCCC. The number of hydrogen-bond acceptors (Lipinski definition) is 5. The fourth-order valence-electron chi connectivity index (χ4n) is 2.38. The fraction of sp³-hybridized carbons (Fsp3) is 0.818. The zero-order valence-corrected chi connectivity index (χ0v) is 17.9. The summed E-state index contributed by atoms with van der Waals surface area (Å²) in [6.45, 7) is 10.5. The van der Waals surface area contributed by atoms with Crippen molar-refractivity contribution in [2.24, 2.45) is 5.41 Å². The van der Waals surface area contributed by atoms with Crippen LogP contribution in [0.5, 0.6) is 0 Å². The molecule has 0 aromatic rings. The number of hydroxylamine groups is 2. The van der Waals surface area contributed by atoms with Gasteiger partial charge in [-0.25, -0.2) is 11.0 Å². The maximum Gasteiger partial charge on any atom is 0.0780 e. The second kappa shape index (κ2) is 19.9. The van der Waals surface area contributed by atoms with Gasteiger partial charge in [-0.05, 0) is 39.0 Å². The third kappa shape index (κ3) is 18.2. The molecular weight excluding hydrogens is 340 g/mol. The van der Waals surface area contributed by atoms with Gasteiger partial charge in [0.05, 0.1) is 19.8 Å². The normalized spacial score (nSPS) is 13.7. The molecule has 1 atom stereocenters. The highest BCUT2D eigenvalue weighted by molar-refractivity contribution is 4.83. The Morgan fingerprint density at radius 3 is 2.30 bits per heavy atom. The van der Waals surface area contributed by atoms with Crippen molar-refractivity contribution in [3.05, 3.63) is 12.2 Å². The summed E-state index contributed by atoms with van der Waals surface area (Å²) in [5, 5.41) is 0. The number of allylic oxidation sites excluding steroid dienone is 2. The van der Waals surface area contributed by atoms with Gasteiger partial charge < -0.3 is 14.4 Å². The fourth-order valence-corrected chi connectivity index (χ4v) is 2.38. The molecule has 158 valence electrons. The standard InChI is InChI=1S/C22H42N2O3/c1-5-8-11-12-15-18-25-19-22(4,20-26-23-16-13-9-6-2)21-27-24-17-14-10-7-3/h2,5,8,23-24H,7,9-21H2,1,3-4H3/b8-5-. The highest BCUT2D eigenvalue weighted by Crippen LogP contribution is 2.18. The summed E-state index contributed by atoms with van der Waals surface area (Å²) in [5.41, 5.74) is 5.83. The molecule has 0 aromatic heterocycles. The highest BCUT2D eigenvalue weighted by Gasteiger charge is 2.26. The van der Waals surface area contributed by atoms with E-state index in [4.69, 9.17) is 20.8 Å². The lowest BCUT2D eigenvalue weighted by Gasteiger charge is -2.28. The van der Waals surface area contributed by atoms with E-state index in [1.807, 2.05) is 0 Å². The lowest BCUT2D eigenvalue weighted by Crippen LogP contribution is -2.38. The van der Waals surface area contributed by atoms with Crippen molar-refractivity contribution in [1.29, 1.82) is 0 Å². The molecule has 2 N–H and O–H groups in total. The Labute approximate surface area is 167 Å². The van der Waals surface area contributed by atoms with Crippen LogP contribution in [0.1, 0.15) is 72.1 Å². The van der Waals surface area contributed by atoms with E-state index in [-0.39, 0.29) is 5.41 Å². The molecule has 0 amide bonds. The maximum atomic E-state index is 5.90. The quantitative estimate of drug-likeness (QED) is 0.141. The topological polar surface area (TPSA) is 51.8 Å². The molecule has 0 saturated carbocycles. The Balaban J connectivity index is 4.07. The first kappa shape index (κ1) is 26.1. The molecule has 0 fully saturated rings. The molecule has 0 heterocycles. The minimum absolute atomic E-state index is 0.208. The molecule has 0 aliphatic heterocycles. The van der Waals surface area contributed by atoms with Gasteiger partial charge in [-0.3, -0.25) is 0 Å². The van der Waals surface area contributed by atoms with Crippen molar-refractivity contribution >= 4 is 0 Å². The van der Waals surface area contributed by atoms with E-state index < -0.39 is 0 Å². The molecule has 0 saturated heterocycles. The van der Waals surface area contributed by atoms with Crippen LogP contribution in [0.4, 0.5) is 0 Å². The van der Waals surface area contributed by atoms with E-state index in [0.717, 1.165) is 58.2 Å². The van der Waals surface area contributed by atoms with Crippen LogP contribution in [-0.4, -0.2) is 39.5 Å². The summed E-state index contributed by atoms with van der Waals surface area (Å²) in [6.07, 6.45) is 18.1. The molecule has 5 heteroatoms. The Hall–Kier alpha value is -0.900. The van der Waals surface area contributed by atoms with Gasteiger partial charge >= 0.3 is 0 Å². The third-order valence-corrected chi connectivity index (χ3v) is 4.12. The zero-order valence-electron chi connectivity index (χ0n) is 17.9. The summed E-state index contributed by atoms with van der Waals surface area (Å²) in [6, 6.07) is 0. The second-order valence-electron chi connectivity index (χ2n) is 7.31. The first-order valence-corrected chi connectivity index (χ1v) is 10.5. The Morgan fingerprint density at radius 1 is 0.963 bits per heavy atom. The van der Waals surface area contributed by atoms with Gasteiger partial charge in [0.1, 0.15) is 0 Å². The Morgan fingerprint density at radius 2 is 1.67 bits per heavy atom. The average molecular weight is 383 g/mol. The predicted octanol–water partition coefficient (Wildman–Crippen LogP) is 4.40. The molecule has 0 aliphatic carbocycles. The molecule has 1 unspecified atom stereocenters. The minimum Gasteiger partial charge on any atom is -0.381 e. The summed E-state index contributed by atoms with van der Waals surface area (Å²) >= 11 is 0. The highest BCUT2D eigenvalue weighted by atomic mass is 16.7. The molecule has 0 aliphatic rings. The molecule has 0 bridgehead atoms. The average Bonchev–Trinajstić information content (AvgIpc) is 2.67. The first-order valence-electron chi connectivity index (χ1n) is 10.5. The monoisotopic (exact) mass is 382 g/mol. The largest absolute Gasteiger partial charge is 0.381 e. The van der Waals surface area contributed by atoms with Crippen molar-refractivity contribution in [3.8, 4) is 12.3 Å². The Bertz CT molecular complexity index is 382. The van der Waals surface area contributed by atoms with Crippen molar-refractivity contribution in [2.75, 3.05) is 39.5 Å². The van der Waals surface area contributed by atoms with Crippen LogP contribution in [-0.2, 0) is 14.4 Å². The van der Waals surface area contributed by atoms with Gasteiger partial charge in [0.25, 0.3) is 0 Å². The van der Waals surface area contributed by atoms with E-state index >= 15 is 0 Å². The van der Waals surface area contributed by atoms with Crippen LogP contribution in [0.2, 0.25) is 0 Å². The minimum atomic E-state index is -0.208. The van der Waals surface area contributed by atoms with E-state index in [1.165, 1.54) is 12.8 Å². The second-order valence-corrected chi connectivity index (χ2v) is 7.31. The van der Waals surface area contributed by atoms with Crippen LogP contribution in [0.3, 0.4) is 0 Å². The molecule has 0 rings (SSSR count). The van der Waals surface area contributed by atoms with Crippen molar-refractivity contribution in [1.82, 2.24) is 11.0 Å². The molecule has 0 aromatic carbocycles. The van der Waals surface area contributed by atoms with Crippen LogP contribution >= 0.6 is 0 Å². The van der Waals surface area contributed by atoms with Gasteiger partial charge in [0.2, 0.25) is 0 Å². The van der Waals surface area contributed by atoms with Crippen LogP contribution in [0, 0.1) is 17.8 Å². The van der Waals surface area contributed by atoms with Gasteiger partial charge in [0, 0.05) is 31.5 Å². The molecule has 0 spiro atoms. The zero-order chi connectivity index (χ0) is 20.1. The van der Waals surface area contributed by atoms with E-state index in [2.05, 4.69) is 49.8 Å². The van der Waals surface area contributed by atoms with Gasteiger partial charge in [-0.1, -0.05) is 38.8 Å². The molecule has 0 radical (unpaired) electrons. The van der Waals surface area contributed by atoms with Gasteiger partial charge in [0.15, 0.2) is 0 Å². The number of ether oxygens (including phenoxy) is 1. The predicted molar refractivity (Wildman–Crippen MR) is 113 cm³/mol. The van der Waals surface area contributed by atoms with E-state index in [1.54, 1.807) is 0 Å². The van der Waals surface area contributed by atoms with Crippen LogP contribution < -0.4 is 11.0 Å². The lowest BCUT2D eigenvalue weighted by atomic mass is 9.94. The van der Waals surface area contributed by atoms with Crippen molar-refractivity contribution < 1.29 is 14.4 Å². The summed E-state index contributed by atoms with van der Waals surface area (Å²) in [5.74, 6) is 2.63. The summed E-state index contributed by atoms with van der Waals surface area (Å²) < 4.78 is 5.90. The number of rotatable bonds is 20. The van der Waals surface area contributed by atoms with Crippen LogP contribution in [0.25, 0.3) is 0 Å².